The van der Waals surface area contributed by atoms with Crippen molar-refractivity contribution in [2.24, 2.45) is 0 Å². The van der Waals surface area contributed by atoms with Gasteiger partial charge in [0.15, 0.2) is 0 Å². The minimum absolute atomic E-state index is 0.0734. The van der Waals surface area contributed by atoms with E-state index >= 15 is 0 Å². The van der Waals surface area contributed by atoms with E-state index in [1.165, 1.54) is 22.9 Å². The van der Waals surface area contributed by atoms with Gasteiger partial charge in [0.05, 0.1) is 19.0 Å². The van der Waals surface area contributed by atoms with Gasteiger partial charge in [0.2, 0.25) is 11.8 Å². The second kappa shape index (κ2) is 7.14. The Labute approximate surface area is 139 Å². The first-order valence-electron chi connectivity index (χ1n) is 7.53. The highest BCUT2D eigenvalue weighted by Gasteiger charge is 2.18. The molecule has 1 saturated heterocycles. The lowest BCUT2D eigenvalue weighted by atomic mass is 10.1. The Morgan fingerprint density at radius 3 is 2.74 bits per heavy atom. The molecule has 1 aliphatic rings. The van der Waals surface area contributed by atoms with E-state index in [4.69, 9.17) is 9.15 Å². The van der Waals surface area contributed by atoms with Gasteiger partial charge in [-0.2, -0.15) is 0 Å². The molecule has 0 aliphatic carbocycles. The van der Waals surface area contributed by atoms with Crippen LogP contribution < -0.4 is 0 Å². The van der Waals surface area contributed by atoms with Gasteiger partial charge in [-0.15, -0.1) is 10.2 Å². The van der Waals surface area contributed by atoms with Crippen molar-refractivity contribution in [1.82, 2.24) is 15.1 Å². The van der Waals surface area contributed by atoms with Crippen LogP contribution in [0.2, 0.25) is 0 Å². The Hall–Kier alpha value is -1.86. The van der Waals surface area contributed by atoms with Crippen LogP contribution in [0.4, 0.5) is 0 Å². The lowest BCUT2D eigenvalue weighted by molar-refractivity contribution is -0.132. The number of aromatic nitrogens is 2. The number of amides is 1. The summed E-state index contributed by atoms with van der Waals surface area (Å²) in [5, 5.41) is 8.49. The van der Waals surface area contributed by atoms with Crippen LogP contribution in [0.1, 0.15) is 11.1 Å². The van der Waals surface area contributed by atoms with Crippen LogP contribution in [0.25, 0.3) is 11.5 Å². The molecule has 0 radical (unpaired) electrons. The maximum absolute atomic E-state index is 12.1. The van der Waals surface area contributed by atoms with Gasteiger partial charge in [-0.25, -0.2) is 0 Å². The van der Waals surface area contributed by atoms with Crippen LogP contribution in [0.3, 0.4) is 0 Å². The fourth-order valence-electron chi connectivity index (χ4n) is 2.29. The Bertz CT molecular complexity index is 696. The van der Waals surface area contributed by atoms with Gasteiger partial charge in [0, 0.05) is 18.7 Å². The first-order valence-corrected chi connectivity index (χ1v) is 8.51. The molecule has 0 atom stereocenters. The Balaban J connectivity index is 1.60. The van der Waals surface area contributed by atoms with E-state index < -0.39 is 0 Å². The number of ether oxygens (including phenoxy) is 1. The standard InChI is InChI=1S/C16H19N3O3S/c1-11-3-4-13(9-12(11)2)15-17-18-16(22-15)23-10-14(20)19-5-7-21-8-6-19/h3-4,9H,5-8,10H2,1-2H3. The average Bonchev–Trinajstić information content (AvgIpc) is 3.05. The predicted molar refractivity (Wildman–Crippen MR) is 87.3 cm³/mol. The van der Waals surface area contributed by atoms with E-state index in [-0.39, 0.29) is 5.91 Å². The summed E-state index contributed by atoms with van der Waals surface area (Å²) in [4.78, 5) is 13.9. The molecule has 3 rings (SSSR count). The number of thioether (sulfide) groups is 1. The number of hydrogen-bond acceptors (Lipinski definition) is 6. The maximum Gasteiger partial charge on any atom is 0.277 e. The lowest BCUT2D eigenvalue weighted by Gasteiger charge is -2.26. The Morgan fingerprint density at radius 2 is 2.00 bits per heavy atom. The van der Waals surface area contributed by atoms with Crippen LogP contribution in [-0.4, -0.2) is 53.1 Å². The van der Waals surface area contributed by atoms with Crippen LogP contribution in [0.15, 0.2) is 27.8 Å². The van der Waals surface area contributed by atoms with Crippen molar-refractivity contribution >= 4 is 17.7 Å². The molecule has 122 valence electrons. The number of aryl methyl sites for hydroxylation is 2. The van der Waals surface area contributed by atoms with Gasteiger partial charge < -0.3 is 14.1 Å². The molecule has 2 heterocycles. The third-order valence-corrected chi connectivity index (χ3v) is 4.65. The number of rotatable bonds is 4. The molecule has 0 saturated carbocycles. The Morgan fingerprint density at radius 1 is 1.22 bits per heavy atom. The highest BCUT2D eigenvalue weighted by atomic mass is 32.2. The second-order valence-electron chi connectivity index (χ2n) is 5.45. The monoisotopic (exact) mass is 333 g/mol. The van der Waals surface area contributed by atoms with E-state index in [0.717, 1.165) is 5.56 Å². The quantitative estimate of drug-likeness (QED) is 0.800. The van der Waals surface area contributed by atoms with Crippen molar-refractivity contribution in [2.75, 3.05) is 32.1 Å². The molecule has 1 aliphatic heterocycles. The minimum Gasteiger partial charge on any atom is -0.411 e. The fourth-order valence-corrected chi connectivity index (χ4v) is 2.95. The maximum atomic E-state index is 12.1. The first-order chi connectivity index (χ1) is 11.1. The average molecular weight is 333 g/mol. The van der Waals surface area contributed by atoms with Crippen molar-refractivity contribution in [1.29, 1.82) is 0 Å². The summed E-state index contributed by atoms with van der Waals surface area (Å²) in [7, 11) is 0. The van der Waals surface area contributed by atoms with E-state index in [1.54, 1.807) is 4.90 Å². The number of nitrogens with zero attached hydrogens (tertiary/aromatic N) is 3. The zero-order chi connectivity index (χ0) is 16.2. The molecule has 1 amide bonds. The molecule has 0 unspecified atom stereocenters. The van der Waals surface area contributed by atoms with E-state index in [9.17, 15) is 4.79 Å². The van der Waals surface area contributed by atoms with E-state index in [2.05, 4.69) is 17.1 Å². The molecule has 1 aromatic carbocycles. The SMILES string of the molecule is Cc1ccc(-c2nnc(SCC(=O)N3CCOCC3)o2)cc1C. The number of benzene rings is 1. The minimum atomic E-state index is 0.0734. The Kier molecular flexibility index (Phi) is 4.97. The molecule has 23 heavy (non-hydrogen) atoms. The highest BCUT2D eigenvalue weighted by Crippen LogP contribution is 2.25. The van der Waals surface area contributed by atoms with Crippen molar-refractivity contribution < 1.29 is 13.9 Å². The summed E-state index contributed by atoms with van der Waals surface area (Å²) < 4.78 is 10.9. The zero-order valence-electron chi connectivity index (χ0n) is 13.2. The van der Waals surface area contributed by atoms with Crippen molar-refractivity contribution in [3.05, 3.63) is 29.3 Å². The van der Waals surface area contributed by atoms with Gasteiger partial charge in [-0.1, -0.05) is 17.8 Å². The number of morpholine rings is 1. The third kappa shape index (κ3) is 3.92. The van der Waals surface area contributed by atoms with E-state index in [1.807, 2.05) is 25.1 Å². The molecule has 0 spiro atoms. The molecular formula is C16H19N3O3S. The highest BCUT2D eigenvalue weighted by molar-refractivity contribution is 7.99. The largest absolute Gasteiger partial charge is 0.411 e. The third-order valence-electron chi connectivity index (χ3n) is 3.84. The number of hydrogen-bond donors (Lipinski definition) is 0. The van der Waals surface area contributed by atoms with Crippen molar-refractivity contribution in [3.8, 4) is 11.5 Å². The normalized spacial score (nSPS) is 15.0. The van der Waals surface area contributed by atoms with Crippen molar-refractivity contribution in [3.63, 3.8) is 0 Å². The van der Waals surface area contributed by atoms with Gasteiger partial charge in [0.1, 0.15) is 0 Å². The predicted octanol–water partition coefficient (Wildman–Crippen LogP) is 2.30. The lowest BCUT2D eigenvalue weighted by Crippen LogP contribution is -2.41. The molecule has 2 aromatic rings. The van der Waals surface area contributed by atoms with E-state index in [0.29, 0.717) is 43.2 Å². The summed E-state index contributed by atoms with van der Waals surface area (Å²) >= 11 is 1.27. The number of carbonyl (C=O) groups excluding carboxylic acids is 1. The summed E-state index contributed by atoms with van der Waals surface area (Å²) in [5.41, 5.74) is 3.29. The second-order valence-corrected chi connectivity index (χ2v) is 6.38. The molecule has 0 bridgehead atoms. The van der Waals surface area contributed by atoms with Gasteiger partial charge >= 0.3 is 0 Å². The molecular weight excluding hydrogens is 314 g/mol. The molecule has 1 aromatic heterocycles. The molecule has 6 nitrogen and oxygen atoms in total. The fraction of sp³-hybridized carbons (Fsp3) is 0.438. The van der Waals surface area contributed by atoms with Crippen LogP contribution in [0, 0.1) is 13.8 Å². The molecule has 1 fully saturated rings. The summed E-state index contributed by atoms with van der Waals surface area (Å²) in [6.45, 7) is 6.62. The molecule has 0 N–H and O–H groups in total. The van der Waals surface area contributed by atoms with Crippen molar-refractivity contribution in [2.45, 2.75) is 19.1 Å². The smallest absolute Gasteiger partial charge is 0.277 e. The zero-order valence-corrected chi connectivity index (χ0v) is 14.1. The van der Waals surface area contributed by atoms with Crippen LogP contribution in [-0.2, 0) is 9.53 Å². The van der Waals surface area contributed by atoms with Gasteiger partial charge in [0.25, 0.3) is 5.22 Å². The summed E-state index contributed by atoms with van der Waals surface area (Å²) in [5.74, 6) is 0.854. The molecule has 7 heteroatoms. The van der Waals surface area contributed by atoms with Gasteiger partial charge in [-0.3, -0.25) is 4.79 Å². The summed E-state index contributed by atoms with van der Waals surface area (Å²) in [6.07, 6.45) is 0. The van der Waals surface area contributed by atoms with Gasteiger partial charge in [-0.05, 0) is 37.1 Å². The topological polar surface area (TPSA) is 68.5 Å². The first kappa shape index (κ1) is 16.0. The van der Waals surface area contributed by atoms with Crippen LogP contribution >= 0.6 is 11.8 Å². The van der Waals surface area contributed by atoms with Crippen LogP contribution in [0.5, 0.6) is 0 Å². The number of carbonyl (C=O) groups is 1. The summed E-state index contributed by atoms with van der Waals surface area (Å²) in [6, 6.07) is 6.02.